The van der Waals surface area contributed by atoms with Gasteiger partial charge in [-0.25, -0.2) is 8.42 Å². The van der Waals surface area contributed by atoms with Crippen molar-refractivity contribution >= 4 is 44.4 Å². The third kappa shape index (κ3) is 6.74. The lowest BCUT2D eigenvalue weighted by molar-refractivity contribution is 0.101. The minimum atomic E-state index is -3.71. The molecule has 0 unspecified atom stereocenters. The molecule has 0 aliphatic carbocycles. The Morgan fingerprint density at radius 2 is 0.973 bits per heavy atom. The molecule has 0 heterocycles. The quantitative estimate of drug-likeness (QED) is 0.255. The predicted molar refractivity (Wildman–Crippen MR) is 147 cm³/mol. The van der Waals surface area contributed by atoms with Gasteiger partial charge in [-0.05, 0) is 71.8 Å². The van der Waals surface area contributed by atoms with Crippen molar-refractivity contribution in [2.45, 2.75) is 11.5 Å². The van der Waals surface area contributed by atoms with Crippen molar-refractivity contribution in [2.24, 2.45) is 0 Å². The molecule has 4 aromatic carbocycles. The Balaban J connectivity index is 1.48. The molecule has 0 atom stereocenters. The van der Waals surface area contributed by atoms with Gasteiger partial charge in [-0.15, -0.1) is 0 Å². The van der Waals surface area contributed by atoms with Gasteiger partial charge in [0.05, 0.1) is 11.5 Å². The first-order valence-electron chi connectivity index (χ1n) is 11.4. The summed E-state index contributed by atoms with van der Waals surface area (Å²) in [5.41, 5.74) is 15.2. The maximum Gasteiger partial charge on any atom is 0.255 e. The predicted octanol–water partition coefficient (Wildman–Crippen LogP) is 4.47. The molecule has 2 amide bonds. The van der Waals surface area contributed by atoms with Crippen molar-refractivity contribution in [3.05, 3.63) is 119 Å². The average Bonchev–Trinajstić information content (AvgIpc) is 2.88. The van der Waals surface area contributed by atoms with Crippen LogP contribution in [-0.2, 0) is 21.3 Å². The molecule has 0 bridgehead atoms. The van der Waals surface area contributed by atoms with E-state index >= 15 is 0 Å². The van der Waals surface area contributed by atoms with Gasteiger partial charge in [-0.3, -0.25) is 9.59 Å². The standard InChI is InChI=1S/C28H26N4O4S/c29-25-13-11-23(31-27(33)19-7-3-1-4-8-19)15-21(25)17-37(35,36)18-22-16-24(12-14-26(22)30)32-28(34)20-9-5-2-6-10-20/h1-16H,17-18,29-30H2,(H,31,33)(H,32,34). The number of sulfone groups is 1. The number of carbonyl (C=O) groups excluding carboxylic acids is 2. The third-order valence-corrected chi connectivity index (χ3v) is 7.13. The van der Waals surface area contributed by atoms with Crippen LogP contribution in [0.15, 0.2) is 97.1 Å². The summed E-state index contributed by atoms with van der Waals surface area (Å²) in [6, 6.07) is 26.8. The van der Waals surface area contributed by atoms with Crippen molar-refractivity contribution in [3.63, 3.8) is 0 Å². The Labute approximate surface area is 215 Å². The van der Waals surface area contributed by atoms with Crippen LogP contribution < -0.4 is 22.1 Å². The van der Waals surface area contributed by atoms with E-state index in [4.69, 9.17) is 11.5 Å². The molecule has 0 aliphatic heterocycles. The fraction of sp³-hybridized carbons (Fsp3) is 0.0714. The number of carbonyl (C=O) groups is 2. The molecule has 0 fully saturated rings. The van der Waals surface area contributed by atoms with Gasteiger partial charge in [-0.1, -0.05) is 36.4 Å². The Kier molecular flexibility index (Phi) is 7.55. The minimum absolute atomic E-state index is 0.290. The van der Waals surface area contributed by atoms with Crippen LogP contribution in [0.1, 0.15) is 31.8 Å². The van der Waals surface area contributed by atoms with Crippen LogP contribution in [0.3, 0.4) is 0 Å². The van der Waals surface area contributed by atoms with E-state index in [1.54, 1.807) is 84.9 Å². The second-order valence-electron chi connectivity index (χ2n) is 8.50. The molecule has 6 N–H and O–H groups in total. The lowest BCUT2D eigenvalue weighted by atomic mass is 10.1. The van der Waals surface area contributed by atoms with E-state index in [-0.39, 0.29) is 34.7 Å². The summed E-state index contributed by atoms with van der Waals surface area (Å²) in [5, 5.41) is 5.52. The lowest BCUT2D eigenvalue weighted by Gasteiger charge is -2.13. The highest BCUT2D eigenvalue weighted by Gasteiger charge is 2.18. The largest absolute Gasteiger partial charge is 0.398 e. The van der Waals surface area contributed by atoms with Crippen molar-refractivity contribution in [2.75, 3.05) is 22.1 Å². The van der Waals surface area contributed by atoms with E-state index in [9.17, 15) is 18.0 Å². The SMILES string of the molecule is Nc1ccc(NC(=O)c2ccccc2)cc1CS(=O)(=O)Cc1cc(NC(=O)c2ccccc2)ccc1N. The zero-order chi connectivity index (χ0) is 26.4. The van der Waals surface area contributed by atoms with Crippen molar-refractivity contribution < 1.29 is 18.0 Å². The van der Waals surface area contributed by atoms with Gasteiger partial charge >= 0.3 is 0 Å². The zero-order valence-corrected chi connectivity index (χ0v) is 20.7. The molecule has 0 spiro atoms. The molecule has 0 radical (unpaired) electrons. The summed E-state index contributed by atoms with van der Waals surface area (Å²) in [4.78, 5) is 24.9. The Bertz CT molecular complexity index is 1430. The average molecular weight is 515 g/mol. The molecule has 0 aliphatic rings. The van der Waals surface area contributed by atoms with Crippen LogP contribution >= 0.6 is 0 Å². The molecule has 9 heteroatoms. The van der Waals surface area contributed by atoms with E-state index in [1.807, 2.05) is 12.1 Å². The Hall–Kier alpha value is -4.63. The number of benzene rings is 4. The minimum Gasteiger partial charge on any atom is -0.398 e. The van der Waals surface area contributed by atoms with Gasteiger partial charge < -0.3 is 22.1 Å². The van der Waals surface area contributed by atoms with Crippen LogP contribution in [0.2, 0.25) is 0 Å². The van der Waals surface area contributed by atoms with E-state index in [2.05, 4.69) is 10.6 Å². The monoisotopic (exact) mass is 514 g/mol. The highest BCUT2D eigenvalue weighted by molar-refractivity contribution is 7.89. The summed E-state index contributed by atoms with van der Waals surface area (Å²) in [6.07, 6.45) is 0. The molecule has 0 aromatic heterocycles. The van der Waals surface area contributed by atoms with Crippen LogP contribution in [0.5, 0.6) is 0 Å². The molecule has 8 nitrogen and oxygen atoms in total. The molecule has 4 rings (SSSR count). The number of anilines is 4. The van der Waals surface area contributed by atoms with Gasteiger partial charge in [0.25, 0.3) is 11.8 Å². The summed E-state index contributed by atoms with van der Waals surface area (Å²) in [6.45, 7) is 0. The van der Waals surface area contributed by atoms with E-state index < -0.39 is 9.84 Å². The van der Waals surface area contributed by atoms with Crippen LogP contribution in [0.25, 0.3) is 0 Å². The molecular weight excluding hydrogens is 488 g/mol. The Morgan fingerprint density at radius 3 is 1.35 bits per heavy atom. The number of rotatable bonds is 8. The third-order valence-electron chi connectivity index (χ3n) is 5.62. The number of hydrogen-bond donors (Lipinski definition) is 4. The smallest absolute Gasteiger partial charge is 0.255 e. The Morgan fingerprint density at radius 1 is 0.595 bits per heavy atom. The van der Waals surface area contributed by atoms with Gasteiger partial charge in [0.15, 0.2) is 9.84 Å². The van der Waals surface area contributed by atoms with Crippen molar-refractivity contribution in [3.8, 4) is 0 Å². The molecule has 4 aromatic rings. The zero-order valence-electron chi connectivity index (χ0n) is 19.8. The summed E-state index contributed by atoms with van der Waals surface area (Å²) in [7, 11) is -3.71. The lowest BCUT2D eigenvalue weighted by Crippen LogP contribution is -2.14. The van der Waals surface area contributed by atoms with E-state index in [0.717, 1.165) is 0 Å². The molecule has 188 valence electrons. The maximum atomic E-state index is 13.1. The normalized spacial score (nSPS) is 11.0. The molecular formula is C28H26N4O4S. The maximum absolute atomic E-state index is 13.1. The summed E-state index contributed by atoms with van der Waals surface area (Å²) >= 11 is 0. The van der Waals surface area contributed by atoms with Crippen LogP contribution in [0.4, 0.5) is 22.7 Å². The van der Waals surface area contributed by atoms with Crippen LogP contribution in [-0.4, -0.2) is 20.2 Å². The van der Waals surface area contributed by atoms with E-state index in [0.29, 0.717) is 33.6 Å². The number of nitrogen functional groups attached to an aromatic ring is 2. The van der Waals surface area contributed by atoms with Crippen molar-refractivity contribution in [1.29, 1.82) is 0 Å². The highest BCUT2D eigenvalue weighted by atomic mass is 32.2. The molecule has 0 saturated carbocycles. The number of amides is 2. The number of nitrogens with one attached hydrogen (secondary N) is 2. The molecule has 0 saturated heterocycles. The second-order valence-corrected chi connectivity index (χ2v) is 10.6. The molecule has 37 heavy (non-hydrogen) atoms. The number of nitrogens with two attached hydrogens (primary N) is 2. The van der Waals surface area contributed by atoms with Gasteiger partial charge in [0, 0.05) is 33.9 Å². The number of hydrogen-bond acceptors (Lipinski definition) is 6. The van der Waals surface area contributed by atoms with E-state index in [1.165, 1.54) is 0 Å². The topological polar surface area (TPSA) is 144 Å². The van der Waals surface area contributed by atoms with Gasteiger partial charge in [-0.2, -0.15) is 0 Å². The fourth-order valence-corrected chi connectivity index (χ4v) is 5.28. The van der Waals surface area contributed by atoms with Crippen LogP contribution in [0, 0.1) is 0 Å². The summed E-state index contributed by atoms with van der Waals surface area (Å²) in [5.74, 6) is -1.34. The highest BCUT2D eigenvalue weighted by Crippen LogP contribution is 2.25. The first-order valence-corrected chi connectivity index (χ1v) is 13.2. The van der Waals surface area contributed by atoms with Crippen molar-refractivity contribution in [1.82, 2.24) is 0 Å². The van der Waals surface area contributed by atoms with Gasteiger partial charge in [0.2, 0.25) is 0 Å². The fourth-order valence-electron chi connectivity index (χ4n) is 3.73. The second kappa shape index (κ2) is 11.0. The van der Waals surface area contributed by atoms with Gasteiger partial charge in [0.1, 0.15) is 0 Å². The summed E-state index contributed by atoms with van der Waals surface area (Å²) < 4.78 is 26.2. The first-order chi connectivity index (χ1) is 17.7. The first kappa shape index (κ1) is 25.5.